The monoisotopic (exact) mass is 327 g/mol. The predicted molar refractivity (Wildman–Crippen MR) is 94.0 cm³/mol. The van der Waals surface area contributed by atoms with E-state index in [1.165, 1.54) is 32.1 Å². The molecule has 1 aliphatic carbocycles. The van der Waals surface area contributed by atoms with Crippen molar-refractivity contribution in [2.24, 2.45) is 0 Å². The van der Waals surface area contributed by atoms with Gasteiger partial charge in [0.05, 0.1) is 11.9 Å². The van der Waals surface area contributed by atoms with Gasteiger partial charge < -0.3 is 4.90 Å². The summed E-state index contributed by atoms with van der Waals surface area (Å²) in [6.07, 6.45) is 12.3. The van der Waals surface area contributed by atoms with Crippen LogP contribution in [0.25, 0.3) is 16.2 Å². The van der Waals surface area contributed by atoms with Crippen LogP contribution < -0.4 is 4.90 Å². The molecule has 3 aromatic heterocycles. The first-order chi connectivity index (χ1) is 11.3. The average Bonchev–Trinajstić information content (AvgIpc) is 3.16. The molecule has 120 valence electrons. The second kappa shape index (κ2) is 6.28. The first kappa shape index (κ1) is 14.6. The molecule has 3 aromatic rings. The van der Waals surface area contributed by atoms with Crippen LogP contribution in [-0.2, 0) is 0 Å². The Hall–Kier alpha value is -1.95. The van der Waals surface area contributed by atoms with Crippen LogP contribution in [0.2, 0.25) is 0 Å². The minimum absolute atomic E-state index is 0.641. The molecule has 23 heavy (non-hydrogen) atoms. The molecule has 0 aromatic carbocycles. The van der Waals surface area contributed by atoms with Crippen LogP contribution in [0.4, 0.5) is 5.13 Å². The van der Waals surface area contributed by atoms with Crippen molar-refractivity contribution in [3.63, 3.8) is 0 Å². The molecule has 0 aliphatic heterocycles. The van der Waals surface area contributed by atoms with E-state index in [0.717, 1.165) is 27.9 Å². The molecule has 1 fully saturated rings. The number of imidazole rings is 1. The van der Waals surface area contributed by atoms with Crippen LogP contribution in [-0.4, -0.2) is 32.2 Å². The van der Waals surface area contributed by atoms with Gasteiger partial charge in [-0.15, -0.1) is 5.10 Å². The van der Waals surface area contributed by atoms with E-state index in [0.29, 0.717) is 6.04 Å². The van der Waals surface area contributed by atoms with Crippen LogP contribution in [0.1, 0.15) is 39.0 Å². The zero-order valence-corrected chi connectivity index (χ0v) is 14.2. The van der Waals surface area contributed by atoms with E-state index < -0.39 is 0 Å². The lowest BCUT2D eigenvalue weighted by atomic mass is 9.94. The Labute approximate surface area is 140 Å². The summed E-state index contributed by atoms with van der Waals surface area (Å²) in [6, 6.07) is 4.60. The van der Waals surface area contributed by atoms with Gasteiger partial charge in [-0.25, -0.2) is 9.50 Å². The summed E-state index contributed by atoms with van der Waals surface area (Å²) >= 11 is 1.69. The Balaban J connectivity index is 1.62. The van der Waals surface area contributed by atoms with Gasteiger partial charge in [0.1, 0.15) is 0 Å². The summed E-state index contributed by atoms with van der Waals surface area (Å²) in [6.45, 7) is 3.23. The summed E-state index contributed by atoms with van der Waals surface area (Å²) in [5.74, 6) is 0. The van der Waals surface area contributed by atoms with Crippen molar-refractivity contribution in [1.82, 2.24) is 19.6 Å². The average molecular weight is 327 g/mol. The molecule has 0 atom stereocenters. The van der Waals surface area contributed by atoms with Gasteiger partial charge in [-0.1, -0.05) is 30.6 Å². The second-order valence-electron chi connectivity index (χ2n) is 6.06. The highest BCUT2D eigenvalue weighted by Crippen LogP contribution is 2.31. The number of aromatic nitrogens is 4. The number of rotatable bonds is 4. The highest BCUT2D eigenvalue weighted by Gasteiger charge is 2.23. The van der Waals surface area contributed by atoms with Crippen molar-refractivity contribution in [1.29, 1.82) is 0 Å². The maximum absolute atomic E-state index is 4.78. The number of nitrogens with zero attached hydrogens (tertiary/aromatic N) is 5. The lowest BCUT2D eigenvalue weighted by molar-refractivity contribution is 0.417. The summed E-state index contributed by atoms with van der Waals surface area (Å²) in [5, 5.41) is 5.88. The fourth-order valence-electron chi connectivity index (χ4n) is 3.40. The number of pyridine rings is 1. The molecule has 0 unspecified atom stereocenters. The van der Waals surface area contributed by atoms with Crippen molar-refractivity contribution in [3.8, 4) is 11.3 Å². The maximum Gasteiger partial charge on any atom is 0.214 e. The van der Waals surface area contributed by atoms with Gasteiger partial charge in [-0.05, 0) is 31.9 Å². The summed E-state index contributed by atoms with van der Waals surface area (Å²) in [4.78, 5) is 12.3. The molecule has 1 saturated carbocycles. The van der Waals surface area contributed by atoms with E-state index in [4.69, 9.17) is 10.1 Å². The van der Waals surface area contributed by atoms with Crippen molar-refractivity contribution in [2.75, 3.05) is 11.4 Å². The Morgan fingerprint density at radius 1 is 1.30 bits per heavy atom. The topological polar surface area (TPSA) is 46.3 Å². The van der Waals surface area contributed by atoms with Gasteiger partial charge in [0.2, 0.25) is 10.1 Å². The first-order valence-corrected chi connectivity index (χ1v) is 9.20. The van der Waals surface area contributed by atoms with Crippen molar-refractivity contribution in [3.05, 3.63) is 30.7 Å². The molecule has 0 bridgehead atoms. The van der Waals surface area contributed by atoms with E-state index in [9.17, 15) is 0 Å². The lowest BCUT2D eigenvalue weighted by Gasteiger charge is -2.32. The van der Waals surface area contributed by atoms with Crippen LogP contribution in [0.5, 0.6) is 0 Å². The van der Waals surface area contributed by atoms with E-state index in [-0.39, 0.29) is 0 Å². The normalized spacial score (nSPS) is 16.0. The summed E-state index contributed by atoms with van der Waals surface area (Å²) in [5.41, 5.74) is 1.97. The molecule has 3 heterocycles. The number of hydrogen-bond donors (Lipinski definition) is 0. The third kappa shape index (κ3) is 2.83. The first-order valence-electron chi connectivity index (χ1n) is 8.38. The Kier molecular flexibility index (Phi) is 3.99. The molecule has 1 aliphatic rings. The Morgan fingerprint density at radius 3 is 2.87 bits per heavy atom. The Bertz CT molecular complexity index is 741. The van der Waals surface area contributed by atoms with E-state index in [2.05, 4.69) is 16.8 Å². The van der Waals surface area contributed by atoms with Crippen molar-refractivity contribution < 1.29 is 0 Å². The van der Waals surface area contributed by atoms with Crippen LogP contribution >= 0.6 is 11.3 Å². The van der Waals surface area contributed by atoms with E-state index >= 15 is 0 Å². The molecule has 4 rings (SSSR count). The van der Waals surface area contributed by atoms with Crippen LogP contribution in [0.15, 0.2) is 30.7 Å². The van der Waals surface area contributed by atoms with Gasteiger partial charge in [-0.2, -0.15) is 0 Å². The van der Waals surface area contributed by atoms with Gasteiger partial charge in [0, 0.05) is 30.5 Å². The van der Waals surface area contributed by atoms with Crippen LogP contribution in [0, 0.1) is 0 Å². The lowest BCUT2D eigenvalue weighted by Crippen LogP contribution is -2.36. The third-order valence-electron chi connectivity index (χ3n) is 4.59. The second-order valence-corrected chi connectivity index (χ2v) is 6.99. The quantitative estimate of drug-likeness (QED) is 0.726. The predicted octanol–water partition coefficient (Wildman–Crippen LogP) is 4.01. The van der Waals surface area contributed by atoms with Gasteiger partial charge in [0.25, 0.3) is 0 Å². The zero-order chi connectivity index (χ0) is 15.6. The summed E-state index contributed by atoms with van der Waals surface area (Å²) < 4.78 is 1.91. The van der Waals surface area contributed by atoms with Gasteiger partial charge in [0.15, 0.2) is 0 Å². The number of hydrogen-bond acceptors (Lipinski definition) is 5. The molecule has 0 amide bonds. The minimum Gasteiger partial charge on any atom is -0.344 e. The fraction of sp³-hybridized carbons (Fsp3) is 0.471. The largest absolute Gasteiger partial charge is 0.344 e. The molecule has 5 nitrogen and oxygen atoms in total. The Morgan fingerprint density at radius 2 is 2.17 bits per heavy atom. The smallest absolute Gasteiger partial charge is 0.214 e. The van der Waals surface area contributed by atoms with Crippen molar-refractivity contribution in [2.45, 2.75) is 45.1 Å². The van der Waals surface area contributed by atoms with Crippen LogP contribution in [0.3, 0.4) is 0 Å². The minimum atomic E-state index is 0.641. The van der Waals surface area contributed by atoms with Gasteiger partial charge in [-0.3, -0.25) is 4.98 Å². The van der Waals surface area contributed by atoms with E-state index in [1.54, 1.807) is 17.5 Å². The molecule has 0 N–H and O–H groups in total. The number of fused-ring (bicyclic) bond motifs is 1. The van der Waals surface area contributed by atoms with E-state index in [1.807, 2.05) is 29.0 Å². The molecule has 0 spiro atoms. The fourth-order valence-corrected chi connectivity index (χ4v) is 4.42. The van der Waals surface area contributed by atoms with Crippen molar-refractivity contribution >= 4 is 21.4 Å². The number of anilines is 1. The zero-order valence-electron chi connectivity index (χ0n) is 13.4. The molecule has 0 radical (unpaired) electrons. The van der Waals surface area contributed by atoms with Gasteiger partial charge >= 0.3 is 0 Å². The molecular formula is C17H21N5S. The third-order valence-corrected chi connectivity index (χ3v) is 5.55. The SMILES string of the molecule is CCN(c1nn2cc(-c3cccnc3)nc2s1)C1CCCCC1. The molecule has 6 heteroatoms. The standard InChI is InChI=1S/C17H21N5S/c1-2-21(14-8-4-3-5-9-14)17-20-22-12-15(19-16(22)23-17)13-7-6-10-18-11-13/h6-7,10-12,14H,2-5,8-9H2,1H3. The maximum atomic E-state index is 4.78. The molecular weight excluding hydrogens is 306 g/mol. The highest BCUT2D eigenvalue weighted by molar-refractivity contribution is 7.20. The highest BCUT2D eigenvalue weighted by atomic mass is 32.1. The summed E-state index contributed by atoms with van der Waals surface area (Å²) in [7, 11) is 0. The molecule has 0 saturated heterocycles.